The largest absolute Gasteiger partial charge is 0.393 e. The van der Waals surface area contributed by atoms with Gasteiger partial charge in [-0.05, 0) is 104 Å². The molecule has 9 heteroatoms. The number of aliphatic hydroxyl groups excluding tert-OH is 2. The summed E-state index contributed by atoms with van der Waals surface area (Å²) in [7, 11) is -2.60. The highest BCUT2D eigenvalue weighted by Gasteiger charge is 2.62. The fraction of sp³-hybridized carbons (Fsp3) is 0.966. The predicted molar refractivity (Wildman–Crippen MR) is 146 cm³/mol. The van der Waals surface area contributed by atoms with Crippen LogP contribution in [0, 0.1) is 46.3 Å². The molecule has 4 rings (SSSR count). The number of amides is 1. The SMILES string of the molecule is COCCN(CCS(=O)(=O)O)C(=O)CCC(C)C1CCC2C3C(CC[C@]12C)[C@@]1(C)CC[C@@H](O)C[C@H]1C[C@@H]3O. The second kappa shape index (κ2) is 11.6. The van der Waals surface area contributed by atoms with Crippen molar-refractivity contribution in [1.29, 1.82) is 0 Å². The monoisotopic (exact) mass is 557 g/mol. The smallest absolute Gasteiger partial charge is 0.266 e. The molecule has 0 aromatic carbocycles. The highest BCUT2D eigenvalue weighted by atomic mass is 32.2. The van der Waals surface area contributed by atoms with E-state index in [4.69, 9.17) is 9.29 Å². The van der Waals surface area contributed by atoms with Gasteiger partial charge in [-0.3, -0.25) is 9.35 Å². The van der Waals surface area contributed by atoms with E-state index >= 15 is 0 Å². The standard InChI is InChI=1S/C29H51NO7S/c1-19(5-8-26(33)30(13-15-37-4)14-16-38(34,35)36)22-6-7-23-27-24(10-12-29(22,23)3)28(2)11-9-21(31)17-20(28)18-25(27)32/h19-25,27,31-32H,5-18H2,1-4H3,(H,34,35,36)/t19?,20-,21+,22?,23?,24?,25-,27?,28-,29+/m0/s1. The summed E-state index contributed by atoms with van der Waals surface area (Å²) < 4.78 is 36.7. The molecule has 1 amide bonds. The van der Waals surface area contributed by atoms with Crippen molar-refractivity contribution in [2.24, 2.45) is 46.3 Å². The predicted octanol–water partition coefficient (Wildman–Crippen LogP) is 3.76. The average Bonchev–Trinajstić information content (AvgIpc) is 3.20. The second-order valence-electron chi connectivity index (χ2n) is 13.6. The molecule has 0 spiro atoms. The van der Waals surface area contributed by atoms with Crippen LogP contribution in [0.15, 0.2) is 0 Å². The van der Waals surface area contributed by atoms with Crippen LogP contribution in [0.4, 0.5) is 0 Å². The minimum atomic E-state index is -4.14. The molecule has 0 aromatic heterocycles. The number of carbonyl (C=O) groups is 1. The summed E-state index contributed by atoms with van der Waals surface area (Å²) >= 11 is 0. The number of ether oxygens (including phenoxy) is 1. The van der Waals surface area contributed by atoms with Crippen LogP contribution in [0.3, 0.4) is 0 Å². The third-order valence-corrected chi connectivity index (χ3v) is 12.5. The lowest BCUT2D eigenvalue weighted by molar-refractivity contribution is -0.174. The van der Waals surface area contributed by atoms with Crippen molar-refractivity contribution in [3.8, 4) is 0 Å². The molecule has 220 valence electrons. The van der Waals surface area contributed by atoms with Gasteiger partial charge < -0.3 is 19.8 Å². The molecule has 8 nitrogen and oxygen atoms in total. The molecule has 0 saturated heterocycles. The number of rotatable bonds is 10. The van der Waals surface area contributed by atoms with Crippen molar-refractivity contribution in [2.45, 2.75) is 97.2 Å². The molecular formula is C29H51NO7S. The Kier molecular flexibility index (Phi) is 9.25. The van der Waals surface area contributed by atoms with Gasteiger partial charge in [0, 0.05) is 26.6 Å². The van der Waals surface area contributed by atoms with E-state index < -0.39 is 15.9 Å². The molecule has 0 bridgehead atoms. The molecule has 3 N–H and O–H groups in total. The fourth-order valence-corrected chi connectivity index (χ4v) is 10.1. The van der Waals surface area contributed by atoms with E-state index in [9.17, 15) is 23.4 Å². The molecule has 0 aromatic rings. The van der Waals surface area contributed by atoms with Crippen LogP contribution in [0.25, 0.3) is 0 Å². The number of nitrogens with zero attached hydrogens (tertiary/aromatic N) is 1. The molecule has 0 heterocycles. The third kappa shape index (κ3) is 5.97. The number of hydrogen-bond acceptors (Lipinski definition) is 6. The normalized spacial score (nSPS) is 41.6. The van der Waals surface area contributed by atoms with Crippen LogP contribution in [-0.2, 0) is 19.6 Å². The number of fused-ring (bicyclic) bond motifs is 5. The summed E-state index contributed by atoms with van der Waals surface area (Å²) in [4.78, 5) is 14.5. The van der Waals surface area contributed by atoms with Crippen molar-refractivity contribution in [1.82, 2.24) is 4.90 Å². The number of hydrogen-bond donors (Lipinski definition) is 3. The Balaban J connectivity index is 1.40. The quantitative estimate of drug-likeness (QED) is 0.349. The van der Waals surface area contributed by atoms with Gasteiger partial charge in [-0.1, -0.05) is 20.8 Å². The molecule has 4 fully saturated rings. The summed E-state index contributed by atoms with van der Waals surface area (Å²) in [5, 5.41) is 21.8. The van der Waals surface area contributed by atoms with Gasteiger partial charge in [0.2, 0.25) is 5.91 Å². The molecule has 38 heavy (non-hydrogen) atoms. The number of methoxy groups -OCH3 is 1. The maximum absolute atomic E-state index is 13.0. The Hall–Kier alpha value is -0.740. The van der Waals surface area contributed by atoms with Gasteiger partial charge >= 0.3 is 0 Å². The zero-order chi connectivity index (χ0) is 27.9. The Morgan fingerprint density at radius 3 is 2.39 bits per heavy atom. The van der Waals surface area contributed by atoms with E-state index in [1.54, 1.807) is 7.11 Å². The zero-order valence-electron chi connectivity index (χ0n) is 23.8. The molecule has 4 aliphatic rings. The van der Waals surface area contributed by atoms with Crippen molar-refractivity contribution in [3.63, 3.8) is 0 Å². The number of carbonyl (C=O) groups excluding carboxylic acids is 1. The first-order valence-corrected chi connectivity index (χ1v) is 16.5. The third-order valence-electron chi connectivity index (χ3n) is 11.8. The molecule has 10 atom stereocenters. The van der Waals surface area contributed by atoms with Gasteiger partial charge in [-0.2, -0.15) is 8.42 Å². The summed E-state index contributed by atoms with van der Waals surface area (Å²) in [5.74, 6) is 2.05. The van der Waals surface area contributed by atoms with Gasteiger partial charge in [0.15, 0.2) is 0 Å². The molecule has 5 unspecified atom stereocenters. The highest BCUT2D eigenvalue weighted by molar-refractivity contribution is 7.85. The van der Waals surface area contributed by atoms with Gasteiger partial charge in [-0.15, -0.1) is 0 Å². The van der Waals surface area contributed by atoms with Crippen molar-refractivity contribution >= 4 is 16.0 Å². The number of aliphatic hydroxyl groups is 2. The van der Waals surface area contributed by atoms with Crippen LogP contribution >= 0.6 is 0 Å². The summed E-state index contributed by atoms with van der Waals surface area (Å²) in [6.45, 7) is 7.72. The van der Waals surface area contributed by atoms with Crippen LogP contribution in [0.2, 0.25) is 0 Å². The highest BCUT2D eigenvalue weighted by Crippen LogP contribution is 2.68. The molecule has 0 radical (unpaired) electrons. The van der Waals surface area contributed by atoms with Gasteiger partial charge in [0.25, 0.3) is 10.1 Å². The summed E-state index contributed by atoms with van der Waals surface area (Å²) in [6, 6.07) is 0. The maximum atomic E-state index is 13.0. The topological polar surface area (TPSA) is 124 Å². The molecule has 4 saturated carbocycles. The maximum Gasteiger partial charge on any atom is 0.266 e. The lowest BCUT2D eigenvalue weighted by Gasteiger charge is -2.62. The second-order valence-corrected chi connectivity index (χ2v) is 15.2. The van der Waals surface area contributed by atoms with Crippen LogP contribution in [0.1, 0.15) is 85.0 Å². The minimum absolute atomic E-state index is 0.0314. The summed E-state index contributed by atoms with van der Waals surface area (Å²) in [5.41, 5.74) is 0.372. The fourth-order valence-electron chi connectivity index (χ4n) is 9.67. The average molecular weight is 558 g/mol. The van der Waals surface area contributed by atoms with Crippen LogP contribution in [0.5, 0.6) is 0 Å². The minimum Gasteiger partial charge on any atom is -0.393 e. The Bertz CT molecular complexity index is 943. The van der Waals surface area contributed by atoms with E-state index in [-0.39, 0.29) is 35.5 Å². The molecule has 0 aliphatic heterocycles. The van der Waals surface area contributed by atoms with Crippen molar-refractivity contribution in [3.05, 3.63) is 0 Å². The van der Waals surface area contributed by atoms with Crippen LogP contribution < -0.4 is 0 Å². The zero-order valence-corrected chi connectivity index (χ0v) is 24.7. The van der Waals surface area contributed by atoms with E-state index in [1.807, 2.05) is 0 Å². The first-order valence-electron chi connectivity index (χ1n) is 14.9. The van der Waals surface area contributed by atoms with E-state index in [1.165, 1.54) is 4.90 Å². The first kappa shape index (κ1) is 30.2. The lowest BCUT2D eigenvalue weighted by Crippen LogP contribution is -2.58. The van der Waals surface area contributed by atoms with Crippen molar-refractivity contribution in [2.75, 3.05) is 32.6 Å². The lowest BCUT2D eigenvalue weighted by atomic mass is 9.43. The van der Waals surface area contributed by atoms with E-state index in [0.29, 0.717) is 55.1 Å². The summed E-state index contributed by atoms with van der Waals surface area (Å²) in [6.07, 6.45) is 8.74. The van der Waals surface area contributed by atoms with Gasteiger partial charge in [0.1, 0.15) is 0 Å². The Labute approximate surface area is 229 Å². The van der Waals surface area contributed by atoms with Crippen molar-refractivity contribution < 1.29 is 32.7 Å². The van der Waals surface area contributed by atoms with Crippen LogP contribution in [-0.4, -0.2) is 78.8 Å². The van der Waals surface area contributed by atoms with E-state index in [2.05, 4.69) is 20.8 Å². The molecule has 4 aliphatic carbocycles. The Morgan fingerprint density at radius 1 is 1.03 bits per heavy atom. The first-order chi connectivity index (χ1) is 17.8. The Morgan fingerprint density at radius 2 is 1.71 bits per heavy atom. The van der Waals surface area contributed by atoms with E-state index in [0.717, 1.165) is 57.8 Å². The van der Waals surface area contributed by atoms with Gasteiger partial charge in [-0.25, -0.2) is 0 Å². The van der Waals surface area contributed by atoms with Gasteiger partial charge in [0.05, 0.1) is 24.6 Å². The molecular weight excluding hydrogens is 506 g/mol.